The molecule has 4 heteroatoms. The smallest absolute Gasteiger partial charge is 0.0821 e. The first-order valence-electron chi connectivity index (χ1n) is 7.66. The number of nitrogens with one attached hydrogen (secondary N) is 1. The van der Waals surface area contributed by atoms with Gasteiger partial charge in [-0.1, -0.05) is 25.1 Å². The van der Waals surface area contributed by atoms with Gasteiger partial charge in [0.2, 0.25) is 0 Å². The Morgan fingerprint density at radius 3 is 2.62 bits per heavy atom. The van der Waals surface area contributed by atoms with Crippen LogP contribution in [0.25, 0.3) is 5.69 Å². The highest BCUT2D eigenvalue weighted by Gasteiger charge is 2.15. The van der Waals surface area contributed by atoms with Gasteiger partial charge in [0.1, 0.15) is 0 Å². The summed E-state index contributed by atoms with van der Waals surface area (Å²) in [4.78, 5) is 0. The Labute approximate surface area is 127 Å². The lowest BCUT2D eigenvalue weighted by Gasteiger charge is -2.18. The van der Waals surface area contributed by atoms with Gasteiger partial charge in [0.05, 0.1) is 30.1 Å². The number of aromatic nitrogens is 2. The van der Waals surface area contributed by atoms with E-state index in [4.69, 9.17) is 4.74 Å². The van der Waals surface area contributed by atoms with Crippen molar-refractivity contribution < 1.29 is 4.74 Å². The Morgan fingerprint density at radius 1 is 1.19 bits per heavy atom. The molecule has 0 amide bonds. The molecule has 1 heterocycles. The molecule has 0 aliphatic heterocycles. The number of hydrogen-bond donors (Lipinski definition) is 1. The molecule has 1 unspecified atom stereocenters. The average molecular weight is 287 g/mol. The second kappa shape index (κ2) is 7.96. The Balaban J connectivity index is 2.10. The van der Waals surface area contributed by atoms with Gasteiger partial charge >= 0.3 is 0 Å². The third-order valence-corrected chi connectivity index (χ3v) is 3.22. The maximum atomic E-state index is 5.76. The van der Waals surface area contributed by atoms with Crippen molar-refractivity contribution >= 4 is 0 Å². The molecule has 1 aromatic heterocycles. The van der Waals surface area contributed by atoms with Crippen molar-refractivity contribution in [1.82, 2.24) is 15.1 Å². The van der Waals surface area contributed by atoms with Crippen LogP contribution in [0.1, 0.15) is 38.9 Å². The second-order valence-corrected chi connectivity index (χ2v) is 5.41. The number of benzene rings is 1. The van der Waals surface area contributed by atoms with Crippen molar-refractivity contribution in [3.63, 3.8) is 0 Å². The third kappa shape index (κ3) is 4.69. The first-order chi connectivity index (χ1) is 10.2. The molecule has 0 saturated carbocycles. The molecule has 1 atom stereocenters. The number of nitrogens with zero attached hydrogens (tertiary/aromatic N) is 2. The lowest BCUT2D eigenvalue weighted by Crippen LogP contribution is -2.28. The molecule has 21 heavy (non-hydrogen) atoms. The fourth-order valence-electron chi connectivity index (χ4n) is 2.10. The van der Waals surface area contributed by atoms with Crippen LogP contribution in [-0.4, -0.2) is 29.0 Å². The van der Waals surface area contributed by atoms with E-state index >= 15 is 0 Å². The van der Waals surface area contributed by atoms with Crippen LogP contribution < -0.4 is 5.32 Å². The van der Waals surface area contributed by atoms with E-state index in [1.807, 2.05) is 29.1 Å². The quantitative estimate of drug-likeness (QED) is 0.809. The first-order valence-corrected chi connectivity index (χ1v) is 7.66. The Bertz CT molecular complexity index is 522. The minimum Gasteiger partial charge on any atom is -0.377 e. The van der Waals surface area contributed by atoms with Crippen LogP contribution in [0.2, 0.25) is 0 Å². The molecule has 4 nitrogen and oxygen atoms in total. The molecule has 1 N–H and O–H groups in total. The zero-order chi connectivity index (χ0) is 15.1. The molecular formula is C17H25N3O. The van der Waals surface area contributed by atoms with Gasteiger partial charge in [0.25, 0.3) is 0 Å². The predicted octanol–water partition coefficient (Wildman–Crippen LogP) is 3.34. The highest BCUT2D eigenvalue weighted by atomic mass is 16.5. The molecule has 0 fully saturated rings. The van der Waals surface area contributed by atoms with E-state index in [-0.39, 0.29) is 12.1 Å². The summed E-state index contributed by atoms with van der Waals surface area (Å²) in [6.07, 6.45) is 3.32. The van der Waals surface area contributed by atoms with E-state index < -0.39 is 0 Å². The standard InChI is InChI=1S/C17H25N3O/c1-4-11-18-17(13-21-14(2)3)16-10-12-20(19-16)15-8-6-5-7-9-15/h5-10,12,14,17-18H,4,11,13H2,1-3H3. The Morgan fingerprint density at radius 2 is 1.95 bits per heavy atom. The van der Waals surface area contributed by atoms with Crippen molar-refractivity contribution in [3.05, 3.63) is 48.3 Å². The minimum atomic E-state index is 0.136. The molecule has 0 bridgehead atoms. The largest absolute Gasteiger partial charge is 0.377 e. The van der Waals surface area contributed by atoms with Crippen molar-refractivity contribution in [1.29, 1.82) is 0 Å². The molecule has 114 valence electrons. The molecule has 2 aromatic rings. The van der Waals surface area contributed by atoms with Gasteiger partial charge in [-0.25, -0.2) is 4.68 Å². The molecular weight excluding hydrogens is 262 g/mol. The number of para-hydroxylation sites is 1. The molecule has 0 aliphatic carbocycles. The monoisotopic (exact) mass is 287 g/mol. The SMILES string of the molecule is CCCNC(COC(C)C)c1ccn(-c2ccccc2)n1. The summed E-state index contributed by atoms with van der Waals surface area (Å²) in [5.41, 5.74) is 2.09. The highest BCUT2D eigenvalue weighted by Crippen LogP contribution is 2.14. The second-order valence-electron chi connectivity index (χ2n) is 5.41. The minimum absolute atomic E-state index is 0.136. The van der Waals surface area contributed by atoms with E-state index in [1.165, 1.54) is 0 Å². The van der Waals surface area contributed by atoms with Crippen LogP contribution in [0.5, 0.6) is 0 Å². The van der Waals surface area contributed by atoms with E-state index in [2.05, 4.69) is 49.4 Å². The predicted molar refractivity (Wildman–Crippen MR) is 85.7 cm³/mol. The summed E-state index contributed by atoms with van der Waals surface area (Å²) in [5, 5.41) is 8.19. The molecule has 0 spiro atoms. The lowest BCUT2D eigenvalue weighted by molar-refractivity contribution is 0.0603. The van der Waals surface area contributed by atoms with Crippen LogP contribution >= 0.6 is 0 Å². The zero-order valence-corrected chi connectivity index (χ0v) is 13.1. The number of hydrogen-bond acceptors (Lipinski definition) is 3. The topological polar surface area (TPSA) is 39.1 Å². The number of ether oxygens (including phenoxy) is 1. The van der Waals surface area contributed by atoms with Crippen molar-refractivity contribution in [2.75, 3.05) is 13.2 Å². The van der Waals surface area contributed by atoms with Crippen LogP contribution in [0.3, 0.4) is 0 Å². The van der Waals surface area contributed by atoms with E-state index in [1.54, 1.807) is 0 Å². The van der Waals surface area contributed by atoms with Crippen LogP contribution in [0.4, 0.5) is 0 Å². The highest BCUT2D eigenvalue weighted by molar-refractivity contribution is 5.30. The summed E-state index contributed by atoms with van der Waals surface area (Å²) in [5.74, 6) is 0. The summed E-state index contributed by atoms with van der Waals surface area (Å²) in [7, 11) is 0. The van der Waals surface area contributed by atoms with E-state index in [0.29, 0.717) is 6.61 Å². The number of rotatable bonds is 8. The van der Waals surface area contributed by atoms with E-state index in [9.17, 15) is 0 Å². The maximum absolute atomic E-state index is 5.76. The summed E-state index contributed by atoms with van der Waals surface area (Å²) >= 11 is 0. The van der Waals surface area contributed by atoms with Crippen molar-refractivity contribution in [3.8, 4) is 5.69 Å². The Hall–Kier alpha value is -1.65. The third-order valence-electron chi connectivity index (χ3n) is 3.22. The van der Waals surface area contributed by atoms with Gasteiger partial charge in [-0.3, -0.25) is 0 Å². The lowest BCUT2D eigenvalue weighted by atomic mass is 10.2. The van der Waals surface area contributed by atoms with E-state index in [0.717, 1.165) is 24.3 Å². The summed E-state index contributed by atoms with van der Waals surface area (Å²) in [6, 6.07) is 12.3. The van der Waals surface area contributed by atoms with Gasteiger partial charge in [0.15, 0.2) is 0 Å². The molecule has 1 aromatic carbocycles. The molecule has 0 saturated heterocycles. The fourth-order valence-corrected chi connectivity index (χ4v) is 2.10. The fraction of sp³-hybridized carbons (Fsp3) is 0.471. The zero-order valence-electron chi connectivity index (χ0n) is 13.1. The van der Waals surface area contributed by atoms with Gasteiger partial charge in [-0.15, -0.1) is 0 Å². The summed E-state index contributed by atoms with van der Waals surface area (Å²) < 4.78 is 7.67. The van der Waals surface area contributed by atoms with Gasteiger partial charge < -0.3 is 10.1 Å². The Kier molecular flexibility index (Phi) is 5.96. The van der Waals surface area contributed by atoms with Gasteiger partial charge in [-0.2, -0.15) is 5.10 Å². The molecule has 0 radical (unpaired) electrons. The van der Waals surface area contributed by atoms with Crippen molar-refractivity contribution in [2.24, 2.45) is 0 Å². The molecule has 2 rings (SSSR count). The van der Waals surface area contributed by atoms with Crippen LogP contribution in [0.15, 0.2) is 42.6 Å². The summed E-state index contributed by atoms with van der Waals surface area (Å²) in [6.45, 7) is 7.88. The van der Waals surface area contributed by atoms with Crippen molar-refractivity contribution in [2.45, 2.75) is 39.3 Å². The van der Waals surface area contributed by atoms with Gasteiger partial charge in [0, 0.05) is 6.20 Å². The van der Waals surface area contributed by atoms with Crippen LogP contribution in [0, 0.1) is 0 Å². The average Bonchev–Trinajstić information content (AvgIpc) is 2.98. The van der Waals surface area contributed by atoms with Gasteiger partial charge in [-0.05, 0) is 45.0 Å². The van der Waals surface area contributed by atoms with Crippen LogP contribution in [-0.2, 0) is 4.74 Å². The molecule has 0 aliphatic rings. The first kappa shape index (κ1) is 15.7. The maximum Gasteiger partial charge on any atom is 0.0821 e. The normalized spacial score (nSPS) is 12.8.